The van der Waals surface area contributed by atoms with Crippen molar-refractivity contribution in [1.82, 2.24) is 8.75 Å². The molecule has 0 aliphatic rings. The summed E-state index contributed by atoms with van der Waals surface area (Å²) >= 11 is 1.32. The molecule has 0 bridgehead atoms. The first-order chi connectivity index (χ1) is 7.52. The largest absolute Gasteiger partial charge is 0.173 e. The second-order valence-electron chi connectivity index (χ2n) is 4.97. The second kappa shape index (κ2) is 4.13. The van der Waals surface area contributed by atoms with E-state index < -0.39 is 0 Å². The first kappa shape index (κ1) is 11.5. The Bertz CT molecular complexity index is 512. The van der Waals surface area contributed by atoms with E-state index in [0.717, 1.165) is 11.0 Å². The summed E-state index contributed by atoms with van der Waals surface area (Å²) in [4.78, 5) is 0. The van der Waals surface area contributed by atoms with Crippen molar-refractivity contribution in [2.45, 2.75) is 46.5 Å². The monoisotopic (exact) mass is 234 g/mol. The summed E-state index contributed by atoms with van der Waals surface area (Å²) in [6, 6.07) is 2.28. The lowest BCUT2D eigenvalue weighted by atomic mass is 9.91. The van der Waals surface area contributed by atoms with Crippen molar-refractivity contribution in [3.63, 3.8) is 0 Å². The van der Waals surface area contributed by atoms with E-state index in [4.69, 9.17) is 0 Å². The Morgan fingerprint density at radius 1 is 1.00 bits per heavy atom. The molecule has 0 aliphatic carbocycles. The van der Waals surface area contributed by atoms with Crippen molar-refractivity contribution in [2.75, 3.05) is 0 Å². The van der Waals surface area contributed by atoms with Gasteiger partial charge in [0.05, 0.1) is 11.7 Å². The van der Waals surface area contributed by atoms with Gasteiger partial charge in [-0.25, -0.2) is 0 Å². The maximum atomic E-state index is 4.47. The smallest absolute Gasteiger partial charge is 0.108 e. The van der Waals surface area contributed by atoms with E-state index in [9.17, 15) is 0 Å². The zero-order valence-electron chi connectivity index (χ0n) is 10.5. The SMILES string of the molecule is Cc1cc(C(C)C)c2nsnc2c1C(C)C. The third-order valence-electron chi connectivity index (χ3n) is 3.01. The molecule has 16 heavy (non-hydrogen) atoms. The van der Waals surface area contributed by atoms with Gasteiger partial charge < -0.3 is 0 Å². The van der Waals surface area contributed by atoms with Gasteiger partial charge in [0.25, 0.3) is 0 Å². The predicted molar refractivity (Wildman–Crippen MR) is 70.3 cm³/mol. The molecule has 1 heterocycles. The molecule has 0 saturated heterocycles. The average Bonchev–Trinajstić information content (AvgIpc) is 2.63. The summed E-state index contributed by atoms with van der Waals surface area (Å²) in [6.07, 6.45) is 0. The van der Waals surface area contributed by atoms with Gasteiger partial charge in [0.15, 0.2) is 0 Å². The number of aromatic nitrogens is 2. The number of aryl methyl sites for hydroxylation is 1. The van der Waals surface area contributed by atoms with Crippen molar-refractivity contribution in [3.8, 4) is 0 Å². The molecule has 0 fully saturated rings. The van der Waals surface area contributed by atoms with Crippen LogP contribution in [0.3, 0.4) is 0 Å². The van der Waals surface area contributed by atoms with Crippen LogP contribution in [-0.4, -0.2) is 8.75 Å². The Labute approximate surface area is 101 Å². The van der Waals surface area contributed by atoms with Crippen LogP contribution in [0.25, 0.3) is 11.0 Å². The summed E-state index contributed by atoms with van der Waals surface area (Å²) in [5.74, 6) is 1.01. The standard InChI is InChI=1S/C13H18N2S/c1-7(2)10-6-9(5)11(8(3)4)13-12(10)14-16-15-13/h6-8H,1-5H3. The van der Waals surface area contributed by atoms with Crippen LogP contribution >= 0.6 is 11.7 Å². The molecule has 2 aromatic rings. The lowest BCUT2D eigenvalue weighted by Gasteiger charge is -2.14. The van der Waals surface area contributed by atoms with Crippen molar-refractivity contribution < 1.29 is 0 Å². The highest BCUT2D eigenvalue weighted by atomic mass is 32.1. The van der Waals surface area contributed by atoms with E-state index in [0.29, 0.717) is 11.8 Å². The maximum Gasteiger partial charge on any atom is 0.108 e. The van der Waals surface area contributed by atoms with Crippen molar-refractivity contribution in [3.05, 3.63) is 22.8 Å². The van der Waals surface area contributed by atoms with E-state index in [-0.39, 0.29) is 0 Å². The number of benzene rings is 1. The summed E-state index contributed by atoms with van der Waals surface area (Å²) in [7, 11) is 0. The lowest BCUT2D eigenvalue weighted by Crippen LogP contribution is -1.98. The fourth-order valence-corrected chi connectivity index (χ4v) is 2.87. The van der Waals surface area contributed by atoms with Crippen LogP contribution in [-0.2, 0) is 0 Å². The van der Waals surface area contributed by atoms with Crippen LogP contribution in [0, 0.1) is 6.92 Å². The molecular weight excluding hydrogens is 216 g/mol. The second-order valence-corrected chi connectivity index (χ2v) is 5.50. The lowest BCUT2D eigenvalue weighted by molar-refractivity contribution is 0.847. The number of rotatable bonds is 2. The van der Waals surface area contributed by atoms with Crippen molar-refractivity contribution in [1.29, 1.82) is 0 Å². The van der Waals surface area contributed by atoms with Gasteiger partial charge in [-0.2, -0.15) is 8.75 Å². The number of hydrogen-bond acceptors (Lipinski definition) is 3. The van der Waals surface area contributed by atoms with Crippen molar-refractivity contribution >= 4 is 22.8 Å². The molecule has 0 unspecified atom stereocenters. The minimum Gasteiger partial charge on any atom is -0.173 e. The summed E-state index contributed by atoms with van der Waals surface area (Å²) in [6.45, 7) is 11.0. The molecule has 0 atom stereocenters. The molecule has 2 nitrogen and oxygen atoms in total. The zero-order chi connectivity index (χ0) is 11.9. The van der Waals surface area contributed by atoms with E-state index in [1.807, 2.05) is 0 Å². The molecule has 0 saturated carbocycles. The van der Waals surface area contributed by atoms with Gasteiger partial charge in [0.2, 0.25) is 0 Å². The molecule has 86 valence electrons. The fraction of sp³-hybridized carbons (Fsp3) is 0.538. The van der Waals surface area contributed by atoms with Crippen LogP contribution < -0.4 is 0 Å². The normalized spacial score (nSPS) is 11.9. The highest BCUT2D eigenvalue weighted by Crippen LogP contribution is 2.33. The topological polar surface area (TPSA) is 25.8 Å². The minimum absolute atomic E-state index is 0.506. The van der Waals surface area contributed by atoms with Crippen LogP contribution in [0.1, 0.15) is 56.2 Å². The van der Waals surface area contributed by atoms with Gasteiger partial charge in [-0.05, 0) is 35.4 Å². The van der Waals surface area contributed by atoms with Crippen LogP contribution in [0.15, 0.2) is 6.07 Å². The molecule has 0 amide bonds. The molecule has 0 aliphatic heterocycles. The van der Waals surface area contributed by atoms with E-state index in [2.05, 4.69) is 49.4 Å². The summed E-state index contributed by atoms with van der Waals surface area (Å²) in [5.41, 5.74) is 6.25. The zero-order valence-corrected chi connectivity index (χ0v) is 11.4. The molecular formula is C13H18N2S. The van der Waals surface area contributed by atoms with Gasteiger partial charge in [-0.3, -0.25) is 0 Å². The van der Waals surface area contributed by atoms with Crippen LogP contribution in [0.4, 0.5) is 0 Å². The quantitative estimate of drug-likeness (QED) is 0.776. The van der Waals surface area contributed by atoms with Gasteiger partial charge in [0, 0.05) is 0 Å². The third kappa shape index (κ3) is 1.73. The average molecular weight is 234 g/mol. The molecule has 0 N–H and O–H groups in total. The third-order valence-corrected chi connectivity index (χ3v) is 3.54. The van der Waals surface area contributed by atoms with Crippen LogP contribution in [0.5, 0.6) is 0 Å². The van der Waals surface area contributed by atoms with Gasteiger partial charge in [-0.15, -0.1) is 0 Å². The Morgan fingerprint density at radius 2 is 1.62 bits per heavy atom. The van der Waals surface area contributed by atoms with Crippen LogP contribution in [0.2, 0.25) is 0 Å². The molecule has 2 rings (SSSR count). The van der Waals surface area contributed by atoms with Gasteiger partial charge in [-0.1, -0.05) is 33.8 Å². The van der Waals surface area contributed by atoms with E-state index in [1.165, 1.54) is 28.4 Å². The number of fused-ring (bicyclic) bond motifs is 1. The molecule has 1 aromatic heterocycles. The highest BCUT2D eigenvalue weighted by molar-refractivity contribution is 7.00. The first-order valence-electron chi connectivity index (χ1n) is 5.78. The van der Waals surface area contributed by atoms with E-state index >= 15 is 0 Å². The fourth-order valence-electron chi connectivity index (χ4n) is 2.29. The van der Waals surface area contributed by atoms with Gasteiger partial charge >= 0.3 is 0 Å². The first-order valence-corrected chi connectivity index (χ1v) is 6.51. The van der Waals surface area contributed by atoms with Crippen molar-refractivity contribution in [2.24, 2.45) is 0 Å². The Morgan fingerprint density at radius 3 is 2.19 bits per heavy atom. The minimum atomic E-state index is 0.506. The molecule has 3 heteroatoms. The molecule has 1 aromatic carbocycles. The van der Waals surface area contributed by atoms with Gasteiger partial charge in [0.1, 0.15) is 11.0 Å². The Hall–Kier alpha value is -0.960. The Balaban J connectivity index is 2.81. The highest BCUT2D eigenvalue weighted by Gasteiger charge is 2.17. The number of hydrogen-bond donors (Lipinski definition) is 0. The Kier molecular flexibility index (Phi) is 2.98. The predicted octanol–water partition coefficient (Wildman–Crippen LogP) is 4.25. The summed E-state index contributed by atoms with van der Waals surface area (Å²) < 4.78 is 8.93. The number of nitrogens with zero attached hydrogens (tertiary/aromatic N) is 2. The molecule has 0 radical (unpaired) electrons. The van der Waals surface area contributed by atoms with E-state index in [1.54, 1.807) is 0 Å². The molecule has 0 spiro atoms. The summed E-state index contributed by atoms with van der Waals surface area (Å²) in [5, 5.41) is 0. The maximum absolute atomic E-state index is 4.47.